The highest BCUT2D eigenvalue weighted by atomic mass is 32.2. The van der Waals surface area contributed by atoms with Crippen molar-refractivity contribution in [1.82, 2.24) is 19.7 Å². The first kappa shape index (κ1) is 21.3. The normalized spacial score (nSPS) is 12.1. The van der Waals surface area contributed by atoms with Crippen LogP contribution >= 0.6 is 23.1 Å². The zero-order valence-electron chi connectivity index (χ0n) is 17.7. The number of fused-ring (bicyclic) bond motifs is 1. The summed E-state index contributed by atoms with van der Waals surface area (Å²) >= 11 is 2.79. The minimum absolute atomic E-state index is 0.131. The number of rotatable bonds is 7. The molecule has 4 aromatic rings. The van der Waals surface area contributed by atoms with Gasteiger partial charge in [0.25, 0.3) is 0 Å². The van der Waals surface area contributed by atoms with Gasteiger partial charge in [-0.1, -0.05) is 41.3 Å². The zero-order valence-corrected chi connectivity index (χ0v) is 19.4. The van der Waals surface area contributed by atoms with Crippen molar-refractivity contribution in [3.63, 3.8) is 0 Å². The largest absolute Gasteiger partial charge is 0.483 e. The van der Waals surface area contributed by atoms with Gasteiger partial charge in [0, 0.05) is 7.05 Å². The van der Waals surface area contributed by atoms with E-state index < -0.39 is 0 Å². The number of carbonyl (C=O) groups is 1. The molecule has 0 aliphatic heterocycles. The van der Waals surface area contributed by atoms with Crippen LogP contribution in [-0.2, 0) is 11.8 Å². The van der Waals surface area contributed by atoms with Gasteiger partial charge in [0.1, 0.15) is 5.75 Å². The van der Waals surface area contributed by atoms with Crippen LogP contribution in [0.5, 0.6) is 5.75 Å². The summed E-state index contributed by atoms with van der Waals surface area (Å²) in [7, 11) is 1.88. The number of anilines is 1. The Balaban J connectivity index is 1.36. The molecule has 1 N–H and O–H groups in total. The third kappa shape index (κ3) is 5.05. The summed E-state index contributed by atoms with van der Waals surface area (Å²) in [5, 5.41) is 12.6. The Morgan fingerprint density at radius 3 is 2.68 bits per heavy atom. The predicted molar refractivity (Wildman–Crippen MR) is 125 cm³/mol. The summed E-state index contributed by atoms with van der Waals surface area (Å²) in [6.45, 7) is 6.03. The number of para-hydroxylation sites is 1. The van der Waals surface area contributed by atoms with Gasteiger partial charge in [-0.25, -0.2) is 4.98 Å². The van der Waals surface area contributed by atoms with Crippen LogP contribution in [0.15, 0.2) is 47.6 Å². The van der Waals surface area contributed by atoms with E-state index in [1.54, 1.807) is 0 Å². The molecule has 0 bridgehead atoms. The van der Waals surface area contributed by atoms with Crippen molar-refractivity contribution in [3.05, 3.63) is 59.4 Å². The summed E-state index contributed by atoms with van der Waals surface area (Å²) in [5.74, 6) is 1.59. The quantitative estimate of drug-likeness (QED) is 0.400. The highest BCUT2D eigenvalue weighted by Crippen LogP contribution is 2.27. The molecule has 160 valence electrons. The number of thiazole rings is 1. The molecular weight excluding hydrogens is 430 g/mol. The molecule has 1 unspecified atom stereocenters. The number of aryl methyl sites for hydroxylation is 2. The van der Waals surface area contributed by atoms with E-state index >= 15 is 0 Å². The second-order valence-corrected chi connectivity index (χ2v) is 9.28. The molecule has 0 saturated carbocycles. The number of benzene rings is 2. The van der Waals surface area contributed by atoms with Crippen molar-refractivity contribution >= 4 is 44.4 Å². The van der Waals surface area contributed by atoms with Gasteiger partial charge in [-0.15, -0.1) is 10.2 Å². The molecule has 31 heavy (non-hydrogen) atoms. The molecule has 0 spiro atoms. The van der Waals surface area contributed by atoms with Crippen molar-refractivity contribution in [3.8, 4) is 5.75 Å². The fraction of sp³-hybridized carbons (Fsp3) is 0.273. The van der Waals surface area contributed by atoms with Crippen LogP contribution in [0.4, 0.5) is 5.13 Å². The molecule has 1 amide bonds. The molecule has 0 aliphatic carbocycles. The fourth-order valence-corrected chi connectivity index (χ4v) is 4.87. The SMILES string of the molecule is Cc1cc(C)cc(OC(C)c2nnc(SCC(=O)Nc3nc4ccccc4s3)n2C)c1. The molecule has 9 heteroatoms. The Morgan fingerprint density at radius 2 is 1.94 bits per heavy atom. The van der Waals surface area contributed by atoms with E-state index in [1.165, 1.54) is 23.1 Å². The number of hydrogen-bond donors (Lipinski definition) is 1. The number of ether oxygens (including phenoxy) is 1. The molecular formula is C22H23N5O2S2. The zero-order chi connectivity index (χ0) is 22.0. The van der Waals surface area contributed by atoms with Crippen LogP contribution < -0.4 is 10.1 Å². The maximum absolute atomic E-state index is 12.4. The molecule has 0 fully saturated rings. The molecule has 1 atom stereocenters. The van der Waals surface area contributed by atoms with Crippen molar-refractivity contribution in [2.75, 3.05) is 11.1 Å². The summed E-state index contributed by atoms with van der Waals surface area (Å²) in [5.41, 5.74) is 3.18. The van der Waals surface area contributed by atoms with Crippen molar-refractivity contribution in [2.24, 2.45) is 7.05 Å². The van der Waals surface area contributed by atoms with Crippen LogP contribution in [-0.4, -0.2) is 31.4 Å². The van der Waals surface area contributed by atoms with Crippen LogP contribution in [0.2, 0.25) is 0 Å². The van der Waals surface area contributed by atoms with Gasteiger partial charge in [0.2, 0.25) is 5.91 Å². The predicted octanol–water partition coefficient (Wildman–Crippen LogP) is 4.91. The summed E-state index contributed by atoms with van der Waals surface area (Å²) in [4.78, 5) is 16.8. The maximum Gasteiger partial charge on any atom is 0.236 e. The average molecular weight is 454 g/mol. The number of nitrogens with one attached hydrogen (secondary N) is 1. The molecule has 4 rings (SSSR count). The van der Waals surface area contributed by atoms with Gasteiger partial charge in [0.15, 0.2) is 22.2 Å². The molecule has 2 aromatic heterocycles. The first-order valence-electron chi connectivity index (χ1n) is 9.81. The highest BCUT2D eigenvalue weighted by molar-refractivity contribution is 7.99. The second kappa shape index (κ2) is 9.07. The van der Waals surface area contributed by atoms with E-state index in [4.69, 9.17) is 4.74 Å². The first-order valence-corrected chi connectivity index (χ1v) is 11.6. The molecule has 2 heterocycles. The lowest BCUT2D eigenvalue weighted by Crippen LogP contribution is -2.14. The van der Waals surface area contributed by atoms with Gasteiger partial charge in [-0.05, 0) is 56.2 Å². The lowest BCUT2D eigenvalue weighted by molar-refractivity contribution is -0.113. The van der Waals surface area contributed by atoms with Crippen molar-refractivity contribution in [1.29, 1.82) is 0 Å². The molecule has 7 nitrogen and oxygen atoms in total. The first-order chi connectivity index (χ1) is 14.9. The van der Waals surface area contributed by atoms with E-state index in [-0.39, 0.29) is 17.8 Å². The smallest absolute Gasteiger partial charge is 0.236 e. The molecule has 2 aromatic carbocycles. The maximum atomic E-state index is 12.4. The lowest BCUT2D eigenvalue weighted by atomic mass is 10.1. The number of amides is 1. The van der Waals surface area contributed by atoms with Crippen molar-refractivity contribution in [2.45, 2.75) is 32.0 Å². The van der Waals surface area contributed by atoms with Crippen molar-refractivity contribution < 1.29 is 9.53 Å². The number of nitrogens with zero attached hydrogens (tertiary/aromatic N) is 4. The van der Waals surface area contributed by atoms with Gasteiger partial charge in [-0.2, -0.15) is 0 Å². The van der Waals surface area contributed by atoms with E-state index in [0.29, 0.717) is 16.1 Å². The third-order valence-corrected chi connectivity index (χ3v) is 6.58. The number of thioether (sulfide) groups is 1. The van der Waals surface area contributed by atoms with E-state index in [2.05, 4.69) is 26.6 Å². The Bertz CT molecular complexity index is 1180. The van der Waals surface area contributed by atoms with E-state index in [9.17, 15) is 4.79 Å². The number of hydrogen-bond acceptors (Lipinski definition) is 7. The van der Waals surface area contributed by atoms with Gasteiger partial charge >= 0.3 is 0 Å². The van der Waals surface area contributed by atoms with Gasteiger partial charge < -0.3 is 14.6 Å². The highest BCUT2D eigenvalue weighted by Gasteiger charge is 2.18. The lowest BCUT2D eigenvalue weighted by Gasteiger charge is -2.15. The van der Waals surface area contributed by atoms with E-state index in [0.717, 1.165) is 27.1 Å². The van der Waals surface area contributed by atoms with Crippen LogP contribution in [0.25, 0.3) is 10.2 Å². The Kier molecular flexibility index (Phi) is 6.24. The van der Waals surface area contributed by atoms with Gasteiger partial charge in [0.05, 0.1) is 16.0 Å². The Hall–Kier alpha value is -2.91. The number of carbonyl (C=O) groups excluding carboxylic acids is 1. The Labute approximate surface area is 188 Å². The standard InChI is InChI=1S/C22H23N5O2S2/c1-13-9-14(2)11-16(10-13)29-15(3)20-25-26-22(27(20)4)30-12-19(28)24-21-23-17-7-5-6-8-18(17)31-21/h5-11,15H,12H2,1-4H3,(H,23,24,28). The Morgan fingerprint density at radius 1 is 1.19 bits per heavy atom. The topological polar surface area (TPSA) is 81.9 Å². The van der Waals surface area contributed by atoms with Crippen LogP contribution in [0.1, 0.15) is 30.0 Å². The summed E-state index contributed by atoms with van der Waals surface area (Å²) < 4.78 is 8.98. The average Bonchev–Trinajstić information content (AvgIpc) is 3.28. The minimum Gasteiger partial charge on any atom is -0.483 e. The molecule has 0 aliphatic rings. The second-order valence-electron chi connectivity index (χ2n) is 7.31. The monoisotopic (exact) mass is 453 g/mol. The minimum atomic E-state index is -0.273. The fourth-order valence-electron chi connectivity index (χ4n) is 3.27. The molecule has 0 saturated heterocycles. The van der Waals surface area contributed by atoms with Crippen LogP contribution in [0.3, 0.4) is 0 Å². The third-order valence-electron chi connectivity index (χ3n) is 4.61. The summed E-state index contributed by atoms with van der Waals surface area (Å²) in [6, 6.07) is 13.9. The van der Waals surface area contributed by atoms with Crippen LogP contribution in [0, 0.1) is 13.8 Å². The molecule has 0 radical (unpaired) electrons. The summed E-state index contributed by atoms with van der Waals surface area (Å²) in [6.07, 6.45) is -0.273. The van der Waals surface area contributed by atoms with Gasteiger partial charge in [-0.3, -0.25) is 4.79 Å². The number of aromatic nitrogens is 4. The van der Waals surface area contributed by atoms with E-state index in [1.807, 2.05) is 68.8 Å².